The minimum atomic E-state index is -4.26. The molecule has 0 spiro atoms. The van der Waals surface area contributed by atoms with E-state index in [1.807, 2.05) is 30.3 Å². The van der Waals surface area contributed by atoms with E-state index in [9.17, 15) is 18.5 Å². The third-order valence-corrected chi connectivity index (χ3v) is 6.89. The normalized spacial score (nSPS) is 10.5. The summed E-state index contributed by atoms with van der Waals surface area (Å²) in [7, 11) is -4.26. The van der Waals surface area contributed by atoms with Crippen molar-refractivity contribution < 1.29 is 33.8 Å². The van der Waals surface area contributed by atoms with E-state index in [-0.39, 0.29) is 31.5 Å². The summed E-state index contributed by atoms with van der Waals surface area (Å²) in [5.41, 5.74) is 2.37. The van der Waals surface area contributed by atoms with E-state index < -0.39 is 25.5 Å². The predicted molar refractivity (Wildman–Crippen MR) is 161 cm³/mol. The van der Waals surface area contributed by atoms with Gasteiger partial charge in [0.15, 0.2) is 0 Å². The van der Waals surface area contributed by atoms with Crippen LogP contribution in [0.1, 0.15) is 26.3 Å². The van der Waals surface area contributed by atoms with Gasteiger partial charge >= 0.3 is 20.4 Å². The van der Waals surface area contributed by atoms with Crippen LogP contribution in [-0.2, 0) is 35.9 Å². The van der Waals surface area contributed by atoms with Gasteiger partial charge in [0.1, 0.15) is 14.9 Å². The van der Waals surface area contributed by atoms with Gasteiger partial charge < -0.3 is 4.72 Å². The van der Waals surface area contributed by atoms with E-state index in [4.69, 9.17) is 0 Å². The summed E-state index contributed by atoms with van der Waals surface area (Å²) >= 11 is 0. The number of nitrogens with zero attached hydrogens (tertiary/aromatic N) is 4. The number of nitro groups is 1. The largest absolute Gasteiger partial charge is 2.00 e. The zero-order chi connectivity index (χ0) is 29.7. The number of sulfonamides is 1. The molecule has 0 atom stereocenters. The molecular weight excluding hydrogens is 643 g/mol. The van der Waals surface area contributed by atoms with Gasteiger partial charge in [0, 0.05) is 24.7 Å². The van der Waals surface area contributed by atoms with Crippen molar-refractivity contribution in [3.8, 4) is 11.3 Å². The maximum atomic E-state index is 12.6. The molecule has 0 fully saturated rings. The van der Waals surface area contributed by atoms with Crippen molar-refractivity contribution in [3.63, 3.8) is 0 Å². The van der Waals surface area contributed by atoms with Gasteiger partial charge in [-0.15, -0.1) is 5.69 Å². The molecule has 0 unspecified atom stereocenters. The Kier molecular flexibility index (Phi) is 13.2. The second kappa shape index (κ2) is 16.3. The van der Waals surface area contributed by atoms with E-state index in [1.54, 1.807) is 55.0 Å². The van der Waals surface area contributed by atoms with Crippen LogP contribution >= 0.6 is 0 Å². The SMILES string of the molecule is CC(C)(C)c1cc[c-]cc1.O=[N+]([O-])c1ccccc1S(=O)(=O)[N-]c1ccccc1-c1ccccn1.[Pd+2].c1ccncc1. The predicted octanol–water partition coefficient (Wildman–Crippen LogP) is 7.91. The average Bonchev–Trinajstić information content (AvgIpc) is 2.99. The Balaban J connectivity index is 0.000000296. The van der Waals surface area contributed by atoms with Crippen LogP contribution in [-0.4, -0.2) is 23.3 Å². The maximum absolute atomic E-state index is 12.6. The van der Waals surface area contributed by atoms with Crippen LogP contribution in [0.25, 0.3) is 16.0 Å². The monoisotopic (exact) mass is 672 g/mol. The summed E-state index contributed by atoms with van der Waals surface area (Å²) in [5, 5.41) is 11.1. The second-order valence-electron chi connectivity index (χ2n) is 9.59. The van der Waals surface area contributed by atoms with E-state index >= 15 is 0 Å². The third kappa shape index (κ3) is 10.3. The zero-order valence-corrected chi connectivity index (χ0v) is 25.6. The molecule has 5 aromatic rings. The van der Waals surface area contributed by atoms with Crippen LogP contribution in [0.5, 0.6) is 0 Å². The van der Waals surface area contributed by atoms with Crippen molar-refractivity contribution in [1.82, 2.24) is 9.97 Å². The maximum Gasteiger partial charge on any atom is 2.00 e. The summed E-state index contributed by atoms with van der Waals surface area (Å²) < 4.78 is 29.0. The van der Waals surface area contributed by atoms with Crippen molar-refractivity contribution >= 4 is 21.4 Å². The van der Waals surface area contributed by atoms with Crippen LogP contribution < -0.4 is 0 Å². The number of aromatic nitrogens is 2. The van der Waals surface area contributed by atoms with E-state index in [0.29, 0.717) is 11.3 Å². The fourth-order valence-corrected chi connectivity index (χ4v) is 4.67. The molecule has 0 aliphatic heterocycles. The number of hydrogen-bond acceptors (Lipinski definition) is 6. The molecule has 218 valence electrons. The van der Waals surface area contributed by atoms with Gasteiger partial charge in [-0.05, 0) is 41.3 Å². The molecular formula is C32H30N4O4PdS. The van der Waals surface area contributed by atoms with Crippen molar-refractivity contribution in [2.75, 3.05) is 0 Å². The molecule has 8 nitrogen and oxygen atoms in total. The van der Waals surface area contributed by atoms with Gasteiger partial charge in [-0.1, -0.05) is 69.3 Å². The first-order valence-electron chi connectivity index (χ1n) is 12.6. The molecule has 0 bridgehead atoms. The van der Waals surface area contributed by atoms with Crippen molar-refractivity contribution in [1.29, 1.82) is 0 Å². The molecule has 2 aromatic heterocycles. The smallest absolute Gasteiger partial charge is 0.572 e. The molecule has 3 aromatic carbocycles. The van der Waals surface area contributed by atoms with Gasteiger partial charge in [0.05, 0.1) is 10.6 Å². The zero-order valence-electron chi connectivity index (χ0n) is 23.3. The Morgan fingerprint density at radius 1 is 0.786 bits per heavy atom. The number of benzene rings is 3. The number of pyridine rings is 2. The standard InChI is InChI=1S/C17H12N3O4S.C10H13.C5H5N.Pd/c21-20(22)16-10-3-4-11-17(16)25(23,24)19-15-9-2-1-7-13(15)14-8-5-6-12-18-14;1-10(2,3)9-7-5-4-6-8-9;1-2-4-6-5-3-1;/h1-12H;5-8H,1-3H3;1-5H;/q2*-1;;+2. The van der Waals surface area contributed by atoms with Crippen molar-refractivity contribution in [3.05, 3.63) is 154 Å². The second-order valence-corrected chi connectivity index (χ2v) is 11.2. The van der Waals surface area contributed by atoms with Gasteiger partial charge in [-0.2, -0.15) is 35.9 Å². The molecule has 2 heterocycles. The van der Waals surface area contributed by atoms with Crippen LogP contribution in [0.4, 0.5) is 11.4 Å². The van der Waals surface area contributed by atoms with Crippen LogP contribution in [0, 0.1) is 16.2 Å². The van der Waals surface area contributed by atoms with Gasteiger partial charge in [-0.3, -0.25) is 20.1 Å². The van der Waals surface area contributed by atoms with Crippen LogP contribution in [0.15, 0.2) is 133 Å². The van der Waals surface area contributed by atoms with E-state index in [1.165, 1.54) is 29.8 Å². The van der Waals surface area contributed by atoms with Crippen LogP contribution in [0.2, 0.25) is 0 Å². The first-order valence-corrected chi connectivity index (χ1v) is 14.1. The summed E-state index contributed by atoms with van der Waals surface area (Å²) in [6.07, 6.45) is 5.09. The fourth-order valence-electron chi connectivity index (χ4n) is 3.50. The van der Waals surface area contributed by atoms with E-state index in [0.717, 1.165) is 6.07 Å². The number of rotatable bonds is 5. The Labute approximate surface area is 260 Å². The molecule has 5 rings (SSSR count). The quantitative estimate of drug-likeness (QED) is 0.0811. The first kappa shape index (κ1) is 34.0. The molecule has 0 N–H and O–H groups in total. The van der Waals surface area contributed by atoms with Crippen molar-refractivity contribution in [2.45, 2.75) is 31.1 Å². The topological polar surface area (TPSA) is 117 Å². The summed E-state index contributed by atoms with van der Waals surface area (Å²) in [4.78, 5) is 17.9. The van der Waals surface area contributed by atoms with Gasteiger partial charge in [0.2, 0.25) is 0 Å². The minimum absolute atomic E-state index is 0. The first-order chi connectivity index (χ1) is 19.6. The third-order valence-electron chi connectivity index (χ3n) is 5.55. The average molecular weight is 673 g/mol. The molecule has 0 aliphatic carbocycles. The number of nitro benzene ring substituents is 1. The fraction of sp³-hybridized carbons (Fsp3) is 0.125. The summed E-state index contributed by atoms with van der Waals surface area (Å²) in [5.74, 6) is 0. The number of hydrogen-bond donors (Lipinski definition) is 0. The van der Waals surface area contributed by atoms with Crippen LogP contribution in [0.3, 0.4) is 0 Å². The molecule has 42 heavy (non-hydrogen) atoms. The molecule has 0 aliphatic rings. The Hall–Kier alpha value is -4.23. The molecule has 0 saturated heterocycles. The minimum Gasteiger partial charge on any atom is -0.572 e. The Morgan fingerprint density at radius 3 is 1.90 bits per heavy atom. The van der Waals surface area contributed by atoms with Gasteiger partial charge in [-0.25, -0.2) is 8.42 Å². The molecule has 10 heteroatoms. The summed E-state index contributed by atoms with van der Waals surface area (Å²) in [6.45, 7) is 6.63. The van der Waals surface area contributed by atoms with E-state index in [2.05, 4.69) is 53.7 Å². The molecule has 0 saturated carbocycles. The Morgan fingerprint density at radius 2 is 1.38 bits per heavy atom. The summed E-state index contributed by atoms with van der Waals surface area (Å²) in [6, 6.07) is 33.8. The molecule has 0 radical (unpaired) electrons. The van der Waals surface area contributed by atoms with Crippen molar-refractivity contribution in [2.24, 2.45) is 0 Å². The Bertz CT molecular complexity index is 1610. The molecule has 0 amide bonds. The number of para-hydroxylation sites is 1. The van der Waals surface area contributed by atoms with Gasteiger partial charge in [0.25, 0.3) is 5.69 Å².